The molecule has 0 unspecified atom stereocenters. The van der Waals surface area contributed by atoms with Crippen LogP contribution in [0.3, 0.4) is 0 Å². The molecule has 1 aliphatic heterocycles. The number of Topliss-reactive ketones (excluding diaryl/α,β-unsaturated/α-hetero) is 1. The zero-order valence-electron chi connectivity index (χ0n) is 13.3. The lowest BCUT2D eigenvalue weighted by molar-refractivity contribution is 0.0837. The summed E-state index contributed by atoms with van der Waals surface area (Å²) in [4.78, 5) is 25.6. The molecule has 0 saturated heterocycles. The maximum absolute atomic E-state index is 13.0. The second-order valence-corrected chi connectivity index (χ2v) is 5.86. The minimum absolute atomic E-state index is 0.139. The fourth-order valence-corrected chi connectivity index (χ4v) is 3.06. The summed E-state index contributed by atoms with van der Waals surface area (Å²) in [6.07, 6.45) is 1.55. The van der Waals surface area contributed by atoms with Gasteiger partial charge in [-0.25, -0.2) is 0 Å². The smallest absolute Gasteiger partial charge is 0.251 e. The molecular weight excluding hydrogens is 316 g/mol. The van der Waals surface area contributed by atoms with Crippen LogP contribution < -0.4 is 10.6 Å². The van der Waals surface area contributed by atoms with Crippen LogP contribution >= 0.6 is 0 Å². The van der Waals surface area contributed by atoms with Gasteiger partial charge in [0.1, 0.15) is 17.8 Å². The fourth-order valence-electron chi connectivity index (χ4n) is 3.06. The molecule has 1 amide bonds. The van der Waals surface area contributed by atoms with Gasteiger partial charge in [-0.3, -0.25) is 9.59 Å². The number of carbonyl (C=O) groups is 2. The first-order valence-electron chi connectivity index (χ1n) is 8.03. The van der Waals surface area contributed by atoms with Gasteiger partial charge in [0.2, 0.25) is 0 Å². The second kappa shape index (κ2) is 6.28. The predicted molar refractivity (Wildman–Crippen MR) is 93.5 cm³/mol. The molecule has 0 saturated carbocycles. The van der Waals surface area contributed by atoms with Gasteiger partial charge in [-0.05, 0) is 36.4 Å². The first-order chi connectivity index (χ1) is 12.2. The first kappa shape index (κ1) is 15.2. The van der Waals surface area contributed by atoms with E-state index in [0.717, 1.165) is 5.69 Å². The fraction of sp³-hybridized carbons (Fsp3) is 0.100. The normalized spacial score (nSPS) is 19.0. The number of benzene rings is 2. The molecule has 2 heterocycles. The van der Waals surface area contributed by atoms with E-state index in [2.05, 4.69) is 10.6 Å². The molecule has 0 aliphatic carbocycles. The predicted octanol–water partition coefficient (Wildman–Crippen LogP) is 3.43. The van der Waals surface area contributed by atoms with E-state index >= 15 is 0 Å². The number of ketones is 1. The number of nitrogens with one attached hydrogen (secondary N) is 2. The third kappa shape index (κ3) is 2.80. The molecule has 1 aliphatic rings. The molecule has 0 radical (unpaired) electrons. The van der Waals surface area contributed by atoms with Crippen LogP contribution in [0.5, 0.6) is 0 Å². The van der Waals surface area contributed by atoms with Crippen LogP contribution in [0, 0.1) is 0 Å². The number of anilines is 1. The molecule has 0 spiro atoms. The highest BCUT2D eigenvalue weighted by molar-refractivity contribution is 6.09. The van der Waals surface area contributed by atoms with Crippen molar-refractivity contribution in [3.63, 3.8) is 0 Å². The maximum atomic E-state index is 13.0. The molecule has 5 nitrogen and oxygen atoms in total. The van der Waals surface area contributed by atoms with E-state index in [9.17, 15) is 9.59 Å². The van der Waals surface area contributed by atoms with Crippen LogP contribution in [0.25, 0.3) is 0 Å². The highest BCUT2D eigenvalue weighted by Gasteiger charge is 2.38. The standard InChI is InChI=1S/C20H16N2O3/c23-19-14-9-4-5-10-15(14)21-17(16-11-6-12-25-16)18(19)22-20(24)13-7-2-1-3-8-13/h1-12,17-18,21H,(H,22,24)/t17-,18-/m1/s1. The average molecular weight is 332 g/mol. The Morgan fingerprint density at radius 1 is 0.960 bits per heavy atom. The van der Waals surface area contributed by atoms with Gasteiger partial charge >= 0.3 is 0 Å². The Balaban J connectivity index is 1.70. The van der Waals surface area contributed by atoms with Gasteiger partial charge in [-0.1, -0.05) is 30.3 Å². The third-order valence-electron chi connectivity index (χ3n) is 4.29. The number of amides is 1. The third-order valence-corrected chi connectivity index (χ3v) is 4.29. The Labute approximate surface area is 144 Å². The summed E-state index contributed by atoms with van der Waals surface area (Å²) in [5, 5.41) is 6.16. The van der Waals surface area contributed by atoms with Gasteiger partial charge in [0.25, 0.3) is 5.91 Å². The highest BCUT2D eigenvalue weighted by atomic mass is 16.3. The second-order valence-electron chi connectivity index (χ2n) is 5.86. The summed E-state index contributed by atoms with van der Waals surface area (Å²) >= 11 is 0. The maximum Gasteiger partial charge on any atom is 0.251 e. The number of carbonyl (C=O) groups excluding carboxylic acids is 2. The van der Waals surface area contributed by atoms with Crippen molar-refractivity contribution in [1.29, 1.82) is 0 Å². The zero-order valence-corrected chi connectivity index (χ0v) is 13.3. The van der Waals surface area contributed by atoms with Crippen molar-refractivity contribution in [2.45, 2.75) is 12.1 Å². The van der Waals surface area contributed by atoms with Gasteiger partial charge in [0.05, 0.1) is 6.26 Å². The van der Waals surface area contributed by atoms with Gasteiger partial charge in [-0.2, -0.15) is 0 Å². The van der Waals surface area contributed by atoms with Crippen molar-refractivity contribution >= 4 is 17.4 Å². The minimum atomic E-state index is -0.756. The summed E-state index contributed by atoms with van der Waals surface area (Å²) in [7, 11) is 0. The molecular formula is C20H16N2O3. The number of fused-ring (bicyclic) bond motifs is 1. The van der Waals surface area contributed by atoms with E-state index < -0.39 is 12.1 Å². The number of rotatable bonds is 3. The van der Waals surface area contributed by atoms with E-state index in [-0.39, 0.29) is 11.7 Å². The van der Waals surface area contributed by atoms with Gasteiger partial charge in [-0.15, -0.1) is 0 Å². The van der Waals surface area contributed by atoms with Crippen molar-refractivity contribution in [1.82, 2.24) is 5.32 Å². The van der Waals surface area contributed by atoms with Gasteiger partial charge < -0.3 is 15.1 Å². The van der Waals surface area contributed by atoms with E-state index in [1.165, 1.54) is 0 Å². The number of furan rings is 1. The van der Waals surface area contributed by atoms with Crippen LogP contribution in [0.15, 0.2) is 77.4 Å². The van der Waals surface area contributed by atoms with Crippen molar-refractivity contribution in [2.75, 3.05) is 5.32 Å². The number of para-hydroxylation sites is 1. The monoisotopic (exact) mass is 332 g/mol. The van der Waals surface area contributed by atoms with Crippen LogP contribution in [-0.4, -0.2) is 17.7 Å². The summed E-state index contributed by atoms with van der Waals surface area (Å²) in [5.74, 6) is 0.165. The molecule has 25 heavy (non-hydrogen) atoms. The lowest BCUT2D eigenvalue weighted by atomic mass is 9.90. The molecule has 3 aromatic rings. The van der Waals surface area contributed by atoms with Crippen LogP contribution in [0.1, 0.15) is 32.5 Å². The van der Waals surface area contributed by atoms with E-state index in [4.69, 9.17) is 4.42 Å². The molecule has 0 bridgehead atoms. The first-order valence-corrected chi connectivity index (χ1v) is 8.03. The largest absolute Gasteiger partial charge is 0.467 e. The summed E-state index contributed by atoms with van der Waals surface area (Å²) in [5.41, 5.74) is 1.80. The summed E-state index contributed by atoms with van der Waals surface area (Å²) in [6.45, 7) is 0. The lowest BCUT2D eigenvalue weighted by Gasteiger charge is -2.32. The van der Waals surface area contributed by atoms with Gasteiger partial charge in [0.15, 0.2) is 5.78 Å². The summed E-state index contributed by atoms with van der Waals surface area (Å²) < 4.78 is 5.49. The lowest BCUT2D eigenvalue weighted by Crippen LogP contribution is -2.49. The Morgan fingerprint density at radius 2 is 1.72 bits per heavy atom. The van der Waals surface area contributed by atoms with Crippen molar-refractivity contribution in [3.8, 4) is 0 Å². The van der Waals surface area contributed by atoms with Crippen molar-refractivity contribution in [3.05, 3.63) is 89.9 Å². The molecule has 1 aromatic heterocycles. The van der Waals surface area contributed by atoms with Crippen molar-refractivity contribution in [2.24, 2.45) is 0 Å². The number of hydrogen-bond acceptors (Lipinski definition) is 4. The highest BCUT2D eigenvalue weighted by Crippen LogP contribution is 2.33. The number of hydrogen-bond donors (Lipinski definition) is 2. The van der Waals surface area contributed by atoms with Crippen LogP contribution in [0.2, 0.25) is 0 Å². The van der Waals surface area contributed by atoms with Crippen LogP contribution in [-0.2, 0) is 0 Å². The average Bonchev–Trinajstić information content (AvgIpc) is 3.19. The quantitative estimate of drug-likeness (QED) is 0.771. The molecule has 2 atom stereocenters. The van der Waals surface area contributed by atoms with E-state index in [0.29, 0.717) is 16.9 Å². The summed E-state index contributed by atoms with van der Waals surface area (Å²) in [6, 6.07) is 18.4. The molecule has 5 heteroatoms. The Morgan fingerprint density at radius 3 is 2.48 bits per heavy atom. The zero-order chi connectivity index (χ0) is 17.2. The molecule has 2 aromatic carbocycles. The SMILES string of the molecule is O=C(N[C@H]1C(=O)c2ccccc2N[C@@H]1c1ccco1)c1ccccc1. The minimum Gasteiger partial charge on any atom is -0.467 e. The Bertz CT molecular complexity index is 904. The van der Waals surface area contributed by atoms with Gasteiger partial charge in [0, 0.05) is 16.8 Å². The van der Waals surface area contributed by atoms with Crippen molar-refractivity contribution < 1.29 is 14.0 Å². The Hall–Kier alpha value is -3.34. The molecule has 124 valence electrons. The topological polar surface area (TPSA) is 71.3 Å². The van der Waals surface area contributed by atoms with E-state index in [1.54, 1.807) is 48.7 Å². The van der Waals surface area contributed by atoms with Crippen LogP contribution in [0.4, 0.5) is 5.69 Å². The molecule has 4 rings (SSSR count). The molecule has 2 N–H and O–H groups in total. The molecule has 0 fully saturated rings. The Kier molecular flexibility index (Phi) is 3.82. The van der Waals surface area contributed by atoms with E-state index in [1.807, 2.05) is 24.3 Å².